The molecule has 0 amide bonds. The normalized spacial score (nSPS) is 19.7. The molecular weight excluding hydrogens is 332 g/mol. The second-order valence-corrected chi connectivity index (χ2v) is 7.32. The van der Waals surface area contributed by atoms with E-state index in [0.29, 0.717) is 6.04 Å². The van der Waals surface area contributed by atoms with E-state index < -0.39 is 0 Å². The molecule has 2 aromatic carbocycles. The van der Waals surface area contributed by atoms with Crippen LogP contribution in [0.5, 0.6) is 17.2 Å². The van der Waals surface area contributed by atoms with Gasteiger partial charge in [0.2, 0.25) is 0 Å². The Kier molecular flexibility index (Phi) is 5.23. The average Bonchev–Trinajstić information content (AvgIpc) is 3.36. The largest absolute Gasteiger partial charge is 0.492 e. The monoisotopic (exact) mass is 354 g/mol. The first-order chi connectivity index (χ1) is 12.4. The van der Waals surface area contributed by atoms with Gasteiger partial charge in [-0.05, 0) is 67.9 Å². The molecule has 2 aliphatic rings. The van der Waals surface area contributed by atoms with Crippen LogP contribution in [-0.2, 0) is 0 Å². The third kappa shape index (κ3) is 4.35. The van der Waals surface area contributed by atoms with Crippen molar-refractivity contribution < 1.29 is 9.47 Å². The van der Waals surface area contributed by atoms with Crippen molar-refractivity contribution in [2.45, 2.75) is 18.9 Å². The molecule has 1 saturated heterocycles. The lowest BCUT2D eigenvalue weighted by molar-refractivity contribution is 0.277. The van der Waals surface area contributed by atoms with Gasteiger partial charge in [0.25, 0.3) is 0 Å². The summed E-state index contributed by atoms with van der Waals surface area (Å²) in [6, 6.07) is 16.4. The molecule has 0 radical (unpaired) electrons. The van der Waals surface area contributed by atoms with Crippen LogP contribution in [0.25, 0.3) is 0 Å². The van der Waals surface area contributed by atoms with E-state index in [0.717, 1.165) is 47.7 Å². The highest BCUT2D eigenvalue weighted by atomic mass is 32.2. The van der Waals surface area contributed by atoms with Crippen molar-refractivity contribution in [2.24, 2.45) is 4.99 Å². The van der Waals surface area contributed by atoms with Gasteiger partial charge >= 0.3 is 0 Å². The van der Waals surface area contributed by atoms with Crippen molar-refractivity contribution in [1.29, 1.82) is 0 Å². The minimum absolute atomic E-state index is 0.483. The molecule has 2 aliphatic heterocycles. The Hall–Kier alpha value is -1.98. The molecule has 0 unspecified atom stereocenters. The van der Waals surface area contributed by atoms with E-state index in [1.54, 1.807) is 0 Å². The van der Waals surface area contributed by atoms with Crippen LogP contribution in [0, 0.1) is 0 Å². The number of hydrogen-bond donors (Lipinski definition) is 1. The molecule has 0 spiro atoms. The highest BCUT2D eigenvalue weighted by Crippen LogP contribution is 2.26. The smallest absolute Gasteiger partial charge is 0.127 e. The second-order valence-electron chi connectivity index (χ2n) is 6.24. The quantitative estimate of drug-likeness (QED) is 0.848. The number of rotatable bonds is 6. The zero-order chi connectivity index (χ0) is 16.9. The van der Waals surface area contributed by atoms with Crippen LogP contribution < -0.4 is 14.8 Å². The van der Waals surface area contributed by atoms with Gasteiger partial charge in [0, 0.05) is 23.9 Å². The maximum atomic E-state index is 5.91. The van der Waals surface area contributed by atoms with Gasteiger partial charge in [-0.25, -0.2) is 0 Å². The lowest BCUT2D eigenvalue weighted by Crippen LogP contribution is -2.28. The number of benzene rings is 2. The maximum Gasteiger partial charge on any atom is 0.127 e. The molecule has 4 nitrogen and oxygen atoms in total. The summed E-state index contributed by atoms with van der Waals surface area (Å²) in [5.74, 6) is 3.61. The predicted octanol–water partition coefficient (Wildman–Crippen LogP) is 4.10. The van der Waals surface area contributed by atoms with Crippen LogP contribution in [0.3, 0.4) is 0 Å². The lowest BCUT2D eigenvalue weighted by atomic mass is 10.2. The molecule has 1 fully saturated rings. The first kappa shape index (κ1) is 16.5. The van der Waals surface area contributed by atoms with Crippen molar-refractivity contribution in [3.05, 3.63) is 54.1 Å². The standard InChI is InChI=1S/C20H22N2O2S/c1-2-16(21-11-1)14-23-17-7-9-19(10-8-17)24-18-5-3-15(4-6-18)20-22-12-13-25-20/h3-10,16,21H,1-2,11-14H2/t16-/m1/s1. The first-order valence-corrected chi connectivity index (χ1v) is 9.77. The zero-order valence-electron chi connectivity index (χ0n) is 14.1. The second kappa shape index (κ2) is 7.93. The summed E-state index contributed by atoms with van der Waals surface area (Å²) in [5, 5.41) is 4.57. The van der Waals surface area contributed by atoms with Crippen LogP contribution >= 0.6 is 11.8 Å². The van der Waals surface area contributed by atoms with Crippen LogP contribution in [0.2, 0.25) is 0 Å². The zero-order valence-corrected chi connectivity index (χ0v) is 14.9. The van der Waals surface area contributed by atoms with Crippen molar-refractivity contribution in [3.8, 4) is 17.2 Å². The van der Waals surface area contributed by atoms with Crippen molar-refractivity contribution in [3.63, 3.8) is 0 Å². The Bertz CT molecular complexity index is 722. The van der Waals surface area contributed by atoms with Gasteiger partial charge in [-0.15, -0.1) is 11.8 Å². The summed E-state index contributed by atoms with van der Waals surface area (Å²) in [7, 11) is 0. The molecule has 2 aromatic rings. The van der Waals surface area contributed by atoms with Crippen molar-refractivity contribution >= 4 is 16.8 Å². The van der Waals surface area contributed by atoms with Crippen molar-refractivity contribution in [1.82, 2.24) is 5.32 Å². The molecule has 1 atom stereocenters. The number of thioether (sulfide) groups is 1. The molecule has 25 heavy (non-hydrogen) atoms. The van der Waals surface area contributed by atoms with E-state index >= 15 is 0 Å². The Morgan fingerprint density at radius 2 is 1.72 bits per heavy atom. The van der Waals surface area contributed by atoms with Gasteiger partial charge in [-0.3, -0.25) is 4.99 Å². The summed E-state index contributed by atoms with van der Waals surface area (Å²) < 4.78 is 11.7. The third-order valence-electron chi connectivity index (χ3n) is 4.36. The van der Waals surface area contributed by atoms with E-state index in [1.807, 2.05) is 48.2 Å². The van der Waals surface area contributed by atoms with Gasteiger partial charge in [-0.2, -0.15) is 0 Å². The van der Waals surface area contributed by atoms with Gasteiger partial charge in [0.1, 0.15) is 23.9 Å². The predicted molar refractivity (Wildman–Crippen MR) is 103 cm³/mol. The van der Waals surface area contributed by atoms with Gasteiger partial charge in [0.05, 0.1) is 5.04 Å². The minimum Gasteiger partial charge on any atom is -0.492 e. The molecule has 0 aromatic heterocycles. The summed E-state index contributed by atoms with van der Waals surface area (Å²) >= 11 is 1.81. The number of aliphatic imine (C=N–C) groups is 1. The minimum atomic E-state index is 0.483. The van der Waals surface area contributed by atoms with E-state index in [4.69, 9.17) is 9.47 Å². The summed E-state index contributed by atoms with van der Waals surface area (Å²) in [5.41, 5.74) is 1.17. The molecule has 0 saturated carbocycles. The van der Waals surface area contributed by atoms with E-state index in [1.165, 1.54) is 18.4 Å². The van der Waals surface area contributed by atoms with Crippen molar-refractivity contribution in [2.75, 3.05) is 25.4 Å². The Morgan fingerprint density at radius 3 is 2.36 bits per heavy atom. The Labute approximate surface area is 152 Å². The molecule has 2 heterocycles. The molecular formula is C20H22N2O2S. The van der Waals surface area contributed by atoms with Crippen LogP contribution in [0.4, 0.5) is 0 Å². The fourth-order valence-corrected chi connectivity index (χ4v) is 3.87. The van der Waals surface area contributed by atoms with E-state index in [-0.39, 0.29) is 0 Å². The topological polar surface area (TPSA) is 42.9 Å². The SMILES string of the molecule is c1cc(Oc2ccc(C3=NCCS3)cc2)ccc1OC[C@H]1CCCN1. The molecule has 0 bridgehead atoms. The average molecular weight is 354 g/mol. The fraction of sp³-hybridized carbons (Fsp3) is 0.350. The molecule has 0 aliphatic carbocycles. The fourth-order valence-electron chi connectivity index (χ4n) is 3.01. The molecule has 5 heteroatoms. The first-order valence-electron chi connectivity index (χ1n) is 8.79. The number of ether oxygens (including phenoxy) is 2. The molecule has 130 valence electrons. The van der Waals surface area contributed by atoms with Gasteiger partial charge < -0.3 is 14.8 Å². The van der Waals surface area contributed by atoms with Gasteiger partial charge in [0.15, 0.2) is 0 Å². The summed E-state index contributed by atoms with van der Waals surface area (Å²) in [4.78, 5) is 4.50. The van der Waals surface area contributed by atoms with Crippen LogP contribution in [-0.4, -0.2) is 36.5 Å². The number of hydrogen-bond acceptors (Lipinski definition) is 5. The summed E-state index contributed by atoms with van der Waals surface area (Å²) in [6.45, 7) is 2.75. The highest BCUT2D eigenvalue weighted by Gasteiger charge is 2.14. The van der Waals surface area contributed by atoms with Crippen LogP contribution in [0.1, 0.15) is 18.4 Å². The third-order valence-corrected chi connectivity index (χ3v) is 5.38. The van der Waals surface area contributed by atoms with Gasteiger partial charge in [-0.1, -0.05) is 0 Å². The number of nitrogens with zero attached hydrogens (tertiary/aromatic N) is 1. The summed E-state index contributed by atoms with van der Waals surface area (Å²) in [6.07, 6.45) is 2.44. The highest BCUT2D eigenvalue weighted by molar-refractivity contribution is 8.14. The molecule has 4 rings (SSSR count). The lowest BCUT2D eigenvalue weighted by Gasteiger charge is -2.12. The Balaban J connectivity index is 1.32. The van der Waals surface area contributed by atoms with E-state index in [9.17, 15) is 0 Å². The molecule has 1 N–H and O–H groups in total. The Morgan fingerprint density at radius 1 is 1.00 bits per heavy atom. The number of nitrogens with one attached hydrogen (secondary N) is 1. The maximum absolute atomic E-state index is 5.91. The van der Waals surface area contributed by atoms with E-state index in [2.05, 4.69) is 22.4 Å². The van der Waals surface area contributed by atoms with Crippen LogP contribution in [0.15, 0.2) is 53.5 Å².